The number of hydrogen-bond acceptors (Lipinski definition) is 3. The van der Waals surface area contributed by atoms with Crippen molar-refractivity contribution in [3.8, 4) is 0 Å². The van der Waals surface area contributed by atoms with Crippen LogP contribution >= 0.6 is 0 Å². The quantitative estimate of drug-likeness (QED) is 0.788. The SMILES string of the molecule is COC(C)(C)CC(=O)NC1(CN)CCCC(C)C1. The van der Waals surface area contributed by atoms with Gasteiger partial charge < -0.3 is 15.8 Å². The predicted octanol–water partition coefficient (Wildman–Crippen LogP) is 1.83. The fourth-order valence-corrected chi connectivity index (χ4v) is 2.81. The number of ether oxygens (including phenoxy) is 1. The van der Waals surface area contributed by atoms with Crippen molar-refractivity contribution in [1.29, 1.82) is 0 Å². The van der Waals surface area contributed by atoms with E-state index < -0.39 is 5.60 Å². The highest BCUT2D eigenvalue weighted by molar-refractivity contribution is 5.77. The Morgan fingerprint density at radius 1 is 1.56 bits per heavy atom. The normalized spacial score (nSPS) is 29.1. The monoisotopic (exact) mass is 256 g/mol. The van der Waals surface area contributed by atoms with E-state index >= 15 is 0 Å². The van der Waals surface area contributed by atoms with Crippen LogP contribution in [0.3, 0.4) is 0 Å². The van der Waals surface area contributed by atoms with Gasteiger partial charge in [-0.1, -0.05) is 19.8 Å². The number of nitrogens with two attached hydrogens (primary N) is 1. The zero-order valence-electron chi connectivity index (χ0n) is 12.2. The summed E-state index contributed by atoms with van der Waals surface area (Å²) in [6.07, 6.45) is 4.74. The van der Waals surface area contributed by atoms with Crippen molar-refractivity contribution in [3.63, 3.8) is 0 Å². The molecule has 0 radical (unpaired) electrons. The summed E-state index contributed by atoms with van der Waals surface area (Å²) >= 11 is 0. The minimum absolute atomic E-state index is 0.0430. The lowest BCUT2D eigenvalue weighted by Gasteiger charge is -2.40. The molecule has 18 heavy (non-hydrogen) atoms. The van der Waals surface area contributed by atoms with Crippen molar-refractivity contribution >= 4 is 5.91 Å². The first-order valence-corrected chi connectivity index (χ1v) is 6.89. The van der Waals surface area contributed by atoms with E-state index in [0.717, 1.165) is 19.3 Å². The number of hydrogen-bond donors (Lipinski definition) is 2. The van der Waals surface area contributed by atoms with Gasteiger partial charge in [0.15, 0.2) is 0 Å². The summed E-state index contributed by atoms with van der Waals surface area (Å²) in [5.74, 6) is 0.680. The van der Waals surface area contributed by atoms with Crippen LogP contribution in [0.25, 0.3) is 0 Å². The number of amides is 1. The number of methoxy groups -OCH3 is 1. The zero-order chi connectivity index (χ0) is 13.8. The molecule has 0 bridgehead atoms. The molecule has 106 valence electrons. The Kier molecular flexibility index (Phi) is 5.17. The minimum Gasteiger partial charge on any atom is -0.378 e. The number of carbonyl (C=O) groups is 1. The fourth-order valence-electron chi connectivity index (χ4n) is 2.81. The molecule has 4 nitrogen and oxygen atoms in total. The van der Waals surface area contributed by atoms with Crippen molar-refractivity contribution in [1.82, 2.24) is 5.32 Å². The van der Waals surface area contributed by atoms with Gasteiger partial charge in [0, 0.05) is 13.7 Å². The Morgan fingerprint density at radius 2 is 2.22 bits per heavy atom. The molecule has 1 saturated carbocycles. The summed E-state index contributed by atoms with van der Waals surface area (Å²) in [4.78, 5) is 12.1. The van der Waals surface area contributed by atoms with Crippen LogP contribution in [0.2, 0.25) is 0 Å². The first kappa shape index (κ1) is 15.4. The molecule has 1 aliphatic rings. The van der Waals surface area contributed by atoms with Crippen LogP contribution in [0.4, 0.5) is 0 Å². The second kappa shape index (κ2) is 6.02. The van der Waals surface area contributed by atoms with Gasteiger partial charge in [-0.05, 0) is 32.6 Å². The Bertz CT molecular complexity index is 292. The van der Waals surface area contributed by atoms with Crippen LogP contribution < -0.4 is 11.1 Å². The second-order valence-electron chi connectivity index (χ2n) is 6.37. The Labute approximate surface area is 111 Å². The third-order valence-corrected chi connectivity index (χ3v) is 4.03. The largest absolute Gasteiger partial charge is 0.378 e. The Hall–Kier alpha value is -0.610. The van der Waals surface area contributed by atoms with Crippen molar-refractivity contribution in [2.24, 2.45) is 11.7 Å². The van der Waals surface area contributed by atoms with Crippen molar-refractivity contribution in [2.45, 2.75) is 64.0 Å². The summed E-state index contributed by atoms with van der Waals surface area (Å²) < 4.78 is 5.29. The van der Waals surface area contributed by atoms with Crippen LogP contribution in [0.5, 0.6) is 0 Å². The third-order valence-electron chi connectivity index (χ3n) is 4.03. The highest BCUT2D eigenvalue weighted by atomic mass is 16.5. The van der Waals surface area contributed by atoms with E-state index in [9.17, 15) is 4.79 Å². The van der Waals surface area contributed by atoms with E-state index in [2.05, 4.69) is 12.2 Å². The van der Waals surface area contributed by atoms with Crippen molar-refractivity contribution in [2.75, 3.05) is 13.7 Å². The molecule has 2 unspecified atom stereocenters. The molecular formula is C14H28N2O2. The average Bonchev–Trinajstić information content (AvgIpc) is 2.28. The highest BCUT2D eigenvalue weighted by Crippen LogP contribution is 2.31. The zero-order valence-corrected chi connectivity index (χ0v) is 12.2. The van der Waals surface area contributed by atoms with Crippen LogP contribution in [0.15, 0.2) is 0 Å². The van der Waals surface area contributed by atoms with Gasteiger partial charge in [0.05, 0.1) is 17.6 Å². The molecule has 0 heterocycles. The lowest BCUT2D eigenvalue weighted by atomic mass is 9.76. The summed E-state index contributed by atoms with van der Waals surface area (Å²) in [5.41, 5.74) is 5.29. The molecule has 0 aromatic carbocycles. The summed E-state index contributed by atoms with van der Waals surface area (Å²) in [5, 5.41) is 3.16. The summed E-state index contributed by atoms with van der Waals surface area (Å²) in [6, 6.07) is 0. The molecule has 3 N–H and O–H groups in total. The maximum atomic E-state index is 12.1. The van der Waals surface area contributed by atoms with Gasteiger partial charge in [0.1, 0.15) is 0 Å². The van der Waals surface area contributed by atoms with Gasteiger partial charge in [0.2, 0.25) is 5.91 Å². The third kappa shape index (κ3) is 4.25. The van der Waals surface area contributed by atoms with Crippen LogP contribution in [0.1, 0.15) is 52.9 Å². The van der Waals surface area contributed by atoms with E-state index in [-0.39, 0.29) is 11.4 Å². The molecule has 2 atom stereocenters. The molecule has 0 spiro atoms. The van der Waals surface area contributed by atoms with Crippen LogP contribution in [-0.2, 0) is 9.53 Å². The van der Waals surface area contributed by atoms with Crippen molar-refractivity contribution < 1.29 is 9.53 Å². The lowest BCUT2D eigenvalue weighted by Crippen LogP contribution is -2.56. The molecule has 1 fully saturated rings. The Balaban J connectivity index is 2.60. The predicted molar refractivity (Wildman–Crippen MR) is 73.3 cm³/mol. The van der Waals surface area contributed by atoms with E-state index in [1.54, 1.807) is 7.11 Å². The van der Waals surface area contributed by atoms with E-state index in [1.165, 1.54) is 6.42 Å². The topological polar surface area (TPSA) is 64.3 Å². The molecule has 1 aliphatic carbocycles. The molecule has 4 heteroatoms. The lowest BCUT2D eigenvalue weighted by molar-refractivity contribution is -0.128. The minimum atomic E-state index is -0.417. The number of carbonyl (C=O) groups excluding carboxylic acids is 1. The molecule has 0 aromatic rings. The van der Waals surface area contributed by atoms with Gasteiger partial charge in [-0.15, -0.1) is 0 Å². The molecule has 0 aliphatic heterocycles. The Morgan fingerprint density at radius 3 is 2.72 bits per heavy atom. The van der Waals surface area contributed by atoms with Gasteiger partial charge in [-0.3, -0.25) is 4.79 Å². The molecule has 1 amide bonds. The van der Waals surface area contributed by atoms with Gasteiger partial charge in [-0.2, -0.15) is 0 Å². The number of rotatable bonds is 5. The standard InChI is InChI=1S/C14H28N2O2/c1-11-6-5-7-14(8-11,10-15)16-12(17)9-13(2,3)18-4/h11H,5-10,15H2,1-4H3,(H,16,17). The van der Waals surface area contributed by atoms with E-state index in [1.807, 2.05) is 13.8 Å². The summed E-state index contributed by atoms with van der Waals surface area (Å²) in [7, 11) is 1.63. The molecule has 0 aromatic heterocycles. The summed E-state index contributed by atoms with van der Waals surface area (Å²) in [6.45, 7) is 6.60. The van der Waals surface area contributed by atoms with Crippen molar-refractivity contribution in [3.05, 3.63) is 0 Å². The van der Waals surface area contributed by atoms with Gasteiger partial charge >= 0.3 is 0 Å². The van der Waals surface area contributed by atoms with E-state index in [4.69, 9.17) is 10.5 Å². The molecule has 0 saturated heterocycles. The molecule has 1 rings (SSSR count). The molecular weight excluding hydrogens is 228 g/mol. The second-order valence-corrected chi connectivity index (χ2v) is 6.37. The fraction of sp³-hybridized carbons (Fsp3) is 0.929. The maximum Gasteiger partial charge on any atom is 0.223 e. The van der Waals surface area contributed by atoms with Crippen LogP contribution in [-0.4, -0.2) is 30.7 Å². The first-order chi connectivity index (χ1) is 8.32. The van der Waals surface area contributed by atoms with E-state index in [0.29, 0.717) is 18.9 Å². The smallest absolute Gasteiger partial charge is 0.223 e. The highest BCUT2D eigenvalue weighted by Gasteiger charge is 2.36. The number of nitrogens with one attached hydrogen (secondary N) is 1. The van der Waals surface area contributed by atoms with Gasteiger partial charge in [0.25, 0.3) is 0 Å². The first-order valence-electron chi connectivity index (χ1n) is 6.89. The average molecular weight is 256 g/mol. The maximum absolute atomic E-state index is 12.1. The van der Waals surface area contributed by atoms with Gasteiger partial charge in [-0.25, -0.2) is 0 Å². The van der Waals surface area contributed by atoms with Crippen LogP contribution in [0, 0.1) is 5.92 Å².